The number of hydrogen-bond acceptors (Lipinski definition) is 1. The Kier molecular flexibility index (Phi) is 4.55. The van der Waals surface area contributed by atoms with Gasteiger partial charge in [-0.15, -0.1) is 0 Å². The molecule has 0 amide bonds. The molecule has 1 heteroatoms. The van der Waals surface area contributed by atoms with Crippen LogP contribution in [0.2, 0.25) is 0 Å². The van der Waals surface area contributed by atoms with Crippen LogP contribution in [-0.4, -0.2) is 6.72 Å². The van der Waals surface area contributed by atoms with Crippen molar-refractivity contribution in [2.45, 2.75) is 26.7 Å². The van der Waals surface area contributed by atoms with Crippen molar-refractivity contribution < 1.29 is 0 Å². The zero-order valence-electron chi connectivity index (χ0n) is 6.85. The first-order chi connectivity index (χ1) is 4.70. The van der Waals surface area contributed by atoms with Gasteiger partial charge in [0.25, 0.3) is 0 Å². The maximum Gasteiger partial charge on any atom is 0.0398 e. The number of allylic oxidation sites excluding steroid dienone is 3. The van der Waals surface area contributed by atoms with E-state index in [9.17, 15) is 0 Å². The van der Waals surface area contributed by atoms with Gasteiger partial charge in [0, 0.05) is 5.70 Å². The molecular formula is C9H15N. The summed E-state index contributed by atoms with van der Waals surface area (Å²) >= 11 is 0. The fraction of sp³-hybridized carbons (Fsp3) is 0.444. The van der Waals surface area contributed by atoms with Gasteiger partial charge >= 0.3 is 0 Å². The molecule has 56 valence electrons. The molecule has 0 aromatic carbocycles. The monoisotopic (exact) mass is 137 g/mol. The van der Waals surface area contributed by atoms with E-state index in [0.29, 0.717) is 0 Å². The van der Waals surface area contributed by atoms with E-state index < -0.39 is 0 Å². The van der Waals surface area contributed by atoms with Gasteiger partial charge in [-0.2, -0.15) is 0 Å². The van der Waals surface area contributed by atoms with Crippen LogP contribution < -0.4 is 0 Å². The van der Waals surface area contributed by atoms with Gasteiger partial charge in [-0.05, 0) is 26.1 Å². The molecule has 0 bridgehead atoms. The van der Waals surface area contributed by atoms with Gasteiger partial charge in [-0.3, -0.25) is 4.99 Å². The van der Waals surface area contributed by atoms with E-state index in [1.807, 2.05) is 13.0 Å². The van der Waals surface area contributed by atoms with Crippen molar-refractivity contribution in [3.63, 3.8) is 0 Å². The number of hydrogen-bond donors (Lipinski definition) is 0. The van der Waals surface area contributed by atoms with Crippen LogP contribution in [0.25, 0.3) is 0 Å². The summed E-state index contributed by atoms with van der Waals surface area (Å²) in [5.41, 5.74) is 2.07. The number of aliphatic imine (C=N–C) groups is 1. The summed E-state index contributed by atoms with van der Waals surface area (Å²) in [6, 6.07) is 0. The molecule has 0 N–H and O–H groups in total. The van der Waals surface area contributed by atoms with Crippen LogP contribution in [0.1, 0.15) is 26.7 Å². The summed E-state index contributed by atoms with van der Waals surface area (Å²) in [6.07, 6.45) is 4.07. The van der Waals surface area contributed by atoms with Crippen molar-refractivity contribution in [2.24, 2.45) is 4.99 Å². The smallest absolute Gasteiger partial charge is 0.0398 e. The molecule has 0 atom stereocenters. The molecule has 0 aromatic heterocycles. The summed E-state index contributed by atoms with van der Waals surface area (Å²) in [6.45, 7) is 11.3. The topological polar surface area (TPSA) is 12.4 Å². The van der Waals surface area contributed by atoms with Crippen LogP contribution in [0, 0.1) is 0 Å². The Labute approximate surface area is 63.2 Å². The summed E-state index contributed by atoms with van der Waals surface area (Å²) in [4.78, 5) is 3.87. The molecule has 0 unspecified atom stereocenters. The quantitative estimate of drug-likeness (QED) is 0.417. The summed E-state index contributed by atoms with van der Waals surface area (Å²) in [7, 11) is 0. The lowest BCUT2D eigenvalue weighted by Gasteiger charge is -1.96. The fourth-order valence-corrected chi connectivity index (χ4v) is 0.737. The standard InChI is InChI=1S/C9H15N/c1-5-6-9(10-4)7-8(2)3/h7H,2,4-6H2,1,3H3/b9-7-. The Hall–Kier alpha value is -0.850. The molecule has 0 rings (SSSR count). The molecule has 0 spiro atoms. The average Bonchev–Trinajstić information content (AvgIpc) is 1.86. The maximum atomic E-state index is 3.87. The van der Waals surface area contributed by atoms with E-state index in [4.69, 9.17) is 0 Å². The van der Waals surface area contributed by atoms with Crippen molar-refractivity contribution in [3.05, 3.63) is 23.9 Å². The lowest BCUT2D eigenvalue weighted by molar-refractivity contribution is 0.894. The molecule has 0 aliphatic carbocycles. The van der Waals surface area contributed by atoms with E-state index in [0.717, 1.165) is 24.1 Å². The van der Waals surface area contributed by atoms with Gasteiger partial charge in [-0.25, -0.2) is 0 Å². The molecule has 10 heavy (non-hydrogen) atoms. The van der Waals surface area contributed by atoms with Gasteiger partial charge in [0.1, 0.15) is 0 Å². The van der Waals surface area contributed by atoms with Crippen LogP contribution in [0.15, 0.2) is 28.9 Å². The van der Waals surface area contributed by atoms with Crippen molar-refractivity contribution in [1.82, 2.24) is 0 Å². The predicted octanol–water partition coefficient (Wildman–Crippen LogP) is 2.95. The molecule has 0 aromatic rings. The van der Waals surface area contributed by atoms with Gasteiger partial charge in [-0.1, -0.05) is 25.5 Å². The van der Waals surface area contributed by atoms with Gasteiger partial charge in [0.2, 0.25) is 0 Å². The molecule has 0 fully saturated rings. The van der Waals surface area contributed by atoms with Crippen LogP contribution in [0.5, 0.6) is 0 Å². The Morgan fingerprint density at radius 2 is 2.20 bits per heavy atom. The predicted molar refractivity (Wildman–Crippen MR) is 47.4 cm³/mol. The minimum Gasteiger partial charge on any atom is -0.269 e. The third kappa shape index (κ3) is 4.07. The first kappa shape index (κ1) is 9.15. The van der Waals surface area contributed by atoms with E-state index in [-0.39, 0.29) is 0 Å². The Bertz CT molecular complexity index is 154. The lowest BCUT2D eigenvalue weighted by Crippen LogP contribution is -1.77. The summed E-state index contributed by atoms with van der Waals surface area (Å²) < 4.78 is 0. The normalized spacial score (nSPS) is 11.2. The van der Waals surface area contributed by atoms with Crippen LogP contribution in [0.4, 0.5) is 0 Å². The molecule has 0 saturated heterocycles. The van der Waals surface area contributed by atoms with Gasteiger partial charge < -0.3 is 0 Å². The Balaban J connectivity index is 4.03. The molecule has 0 heterocycles. The van der Waals surface area contributed by atoms with Gasteiger partial charge in [0.15, 0.2) is 0 Å². The molecule has 0 radical (unpaired) electrons. The minimum absolute atomic E-state index is 0.996. The second kappa shape index (κ2) is 4.98. The van der Waals surface area contributed by atoms with Crippen molar-refractivity contribution >= 4 is 6.72 Å². The lowest BCUT2D eigenvalue weighted by atomic mass is 10.2. The van der Waals surface area contributed by atoms with Crippen molar-refractivity contribution in [2.75, 3.05) is 0 Å². The summed E-state index contributed by atoms with van der Waals surface area (Å²) in [5.74, 6) is 0. The second-order valence-corrected chi connectivity index (χ2v) is 2.39. The maximum absolute atomic E-state index is 3.87. The summed E-state index contributed by atoms with van der Waals surface area (Å²) in [5, 5.41) is 0. The van der Waals surface area contributed by atoms with E-state index in [1.54, 1.807) is 0 Å². The van der Waals surface area contributed by atoms with Crippen LogP contribution in [0.3, 0.4) is 0 Å². The zero-order valence-corrected chi connectivity index (χ0v) is 6.85. The van der Waals surface area contributed by atoms with Crippen LogP contribution >= 0.6 is 0 Å². The average molecular weight is 137 g/mol. The van der Waals surface area contributed by atoms with Crippen molar-refractivity contribution in [3.8, 4) is 0 Å². The fourth-order valence-electron chi connectivity index (χ4n) is 0.737. The van der Waals surface area contributed by atoms with E-state index in [1.165, 1.54) is 0 Å². The molecule has 1 nitrogen and oxygen atoms in total. The third-order valence-corrected chi connectivity index (χ3v) is 1.12. The highest BCUT2D eigenvalue weighted by Gasteiger charge is 1.89. The second-order valence-electron chi connectivity index (χ2n) is 2.39. The van der Waals surface area contributed by atoms with Gasteiger partial charge in [0.05, 0.1) is 0 Å². The molecule has 0 aliphatic rings. The largest absolute Gasteiger partial charge is 0.269 e. The first-order valence-corrected chi connectivity index (χ1v) is 3.53. The Morgan fingerprint density at radius 3 is 2.50 bits per heavy atom. The highest BCUT2D eigenvalue weighted by molar-refractivity contribution is 5.31. The highest BCUT2D eigenvalue weighted by Crippen LogP contribution is 2.07. The van der Waals surface area contributed by atoms with Crippen molar-refractivity contribution in [1.29, 1.82) is 0 Å². The highest BCUT2D eigenvalue weighted by atomic mass is 14.7. The zero-order chi connectivity index (χ0) is 7.98. The van der Waals surface area contributed by atoms with E-state index in [2.05, 4.69) is 25.2 Å². The molecular weight excluding hydrogens is 122 g/mol. The SMILES string of the molecule is C=N/C(=C\C(=C)C)CCC. The van der Waals surface area contributed by atoms with E-state index >= 15 is 0 Å². The number of rotatable bonds is 4. The first-order valence-electron chi connectivity index (χ1n) is 3.53. The number of nitrogens with zero attached hydrogens (tertiary/aromatic N) is 1. The molecule has 0 aliphatic heterocycles. The van der Waals surface area contributed by atoms with Crippen LogP contribution in [-0.2, 0) is 0 Å². The minimum atomic E-state index is 0.996. The Morgan fingerprint density at radius 1 is 1.60 bits per heavy atom. The molecule has 0 saturated carbocycles. The third-order valence-electron chi connectivity index (χ3n) is 1.12.